The molecule has 26 heavy (non-hydrogen) atoms. The Labute approximate surface area is 159 Å². The molecule has 5 aliphatic rings. The van der Waals surface area contributed by atoms with Gasteiger partial charge in [0.25, 0.3) is 0 Å². The van der Waals surface area contributed by atoms with Gasteiger partial charge in [0, 0.05) is 31.0 Å². The van der Waals surface area contributed by atoms with Gasteiger partial charge in [0.1, 0.15) is 0 Å². The van der Waals surface area contributed by atoms with Crippen LogP contribution in [0, 0.1) is 11.8 Å². The summed E-state index contributed by atoms with van der Waals surface area (Å²) < 4.78 is 0. The fourth-order valence-electron chi connectivity index (χ4n) is 6.87. The molecule has 3 saturated heterocycles. The number of piperidine rings is 1. The van der Waals surface area contributed by atoms with Crippen LogP contribution in [0.2, 0.25) is 0 Å². The zero-order valence-electron chi connectivity index (χ0n) is 16.7. The van der Waals surface area contributed by atoms with Crippen LogP contribution in [-0.4, -0.2) is 60.1 Å². The van der Waals surface area contributed by atoms with E-state index < -0.39 is 0 Å². The van der Waals surface area contributed by atoms with Crippen LogP contribution in [0.1, 0.15) is 77.0 Å². The molecule has 0 aromatic rings. The maximum absolute atomic E-state index is 5.63. The Bertz CT molecular complexity index is 522. The van der Waals surface area contributed by atoms with E-state index in [1.165, 1.54) is 96.0 Å². The summed E-state index contributed by atoms with van der Waals surface area (Å²) in [4.78, 5) is 11.0. The van der Waals surface area contributed by atoms with Gasteiger partial charge in [-0.15, -0.1) is 0 Å². The molecule has 5 rings (SSSR count). The number of aliphatic imine (C=N–C) groups is 1. The molecule has 3 aliphatic heterocycles. The molecule has 4 heteroatoms. The van der Waals surface area contributed by atoms with E-state index in [9.17, 15) is 0 Å². The number of hydrogen-bond donors (Lipinski definition) is 1. The zero-order valence-corrected chi connectivity index (χ0v) is 16.7. The third kappa shape index (κ3) is 3.11. The topological polar surface area (TPSA) is 30.9 Å². The third-order valence-electron chi connectivity index (χ3n) is 8.22. The van der Waals surface area contributed by atoms with E-state index in [1.807, 2.05) is 0 Å². The third-order valence-corrected chi connectivity index (χ3v) is 8.22. The van der Waals surface area contributed by atoms with Crippen molar-refractivity contribution < 1.29 is 0 Å². The summed E-state index contributed by atoms with van der Waals surface area (Å²) in [6.45, 7) is 2.52. The summed E-state index contributed by atoms with van der Waals surface area (Å²) in [6, 6.07) is 2.09. The predicted octanol–water partition coefficient (Wildman–Crippen LogP) is 3.62. The van der Waals surface area contributed by atoms with Gasteiger partial charge in [-0.05, 0) is 58.0 Å². The van der Waals surface area contributed by atoms with Gasteiger partial charge < -0.3 is 4.90 Å². The van der Waals surface area contributed by atoms with Gasteiger partial charge in [-0.1, -0.05) is 32.1 Å². The standard InChI is InChI=1S/C22H38N4/c1-25-15-13-18-21(17-10-5-6-11-19(17)23-22(18)25)24-20-12-7-14-26(20)16-8-3-2-4-9-16/h16-19,21-23H,2-15H2,1H3. The highest BCUT2D eigenvalue weighted by Crippen LogP contribution is 2.42. The van der Waals surface area contributed by atoms with Crippen LogP contribution in [0.25, 0.3) is 0 Å². The minimum Gasteiger partial charge on any atom is -0.357 e. The monoisotopic (exact) mass is 358 g/mol. The zero-order chi connectivity index (χ0) is 17.5. The molecule has 5 atom stereocenters. The quantitative estimate of drug-likeness (QED) is 0.818. The lowest BCUT2D eigenvalue weighted by atomic mass is 9.71. The second-order valence-electron chi connectivity index (χ2n) is 9.72. The summed E-state index contributed by atoms with van der Waals surface area (Å²) in [7, 11) is 2.31. The maximum atomic E-state index is 5.63. The molecule has 0 radical (unpaired) electrons. The Kier molecular flexibility index (Phi) is 4.99. The molecule has 2 saturated carbocycles. The number of nitrogens with one attached hydrogen (secondary N) is 1. The molecule has 1 N–H and O–H groups in total. The number of likely N-dealkylation sites (tertiary alicyclic amines) is 2. The lowest BCUT2D eigenvalue weighted by Crippen LogP contribution is -2.61. The van der Waals surface area contributed by atoms with Crippen molar-refractivity contribution in [2.75, 3.05) is 20.1 Å². The Morgan fingerprint density at radius 3 is 2.54 bits per heavy atom. The van der Waals surface area contributed by atoms with Crippen LogP contribution in [0.3, 0.4) is 0 Å². The lowest BCUT2D eigenvalue weighted by molar-refractivity contribution is 0.0674. The molecule has 5 fully saturated rings. The number of hydrogen-bond acceptors (Lipinski definition) is 3. The number of amidine groups is 1. The number of nitrogens with zero attached hydrogens (tertiary/aromatic N) is 3. The molecule has 2 aliphatic carbocycles. The Morgan fingerprint density at radius 2 is 1.65 bits per heavy atom. The Hall–Kier alpha value is -0.610. The van der Waals surface area contributed by atoms with Gasteiger partial charge in [-0.2, -0.15) is 0 Å². The van der Waals surface area contributed by atoms with Crippen LogP contribution in [0.15, 0.2) is 4.99 Å². The molecule has 0 bridgehead atoms. The average Bonchev–Trinajstić information content (AvgIpc) is 3.29. The molecular formula is C22H38N4. The van der Waals surface area contributed by atoms with Crippen LogP contribution in [0.4, 0.5) is 0 Å². The van der Waals surface area contributed by atoms with Crippen LogP contribution >= 0.6 is 0 Å². The summed E-state index contributed by atoms with van der Waals surface area (Å²) in [5.41, 5.74) is 0. The van der Waals surface area contributed by atoms with E-state index in [-0.39, 0.29) is 0 Å². The molecule has 0 aromatic heterocycles. The van der Waals surface area contributed by atoms with E-state index in [4.69, 9.17) is 4.99 Å². The second-order valence-corrected chi connectivity index (χ2v) is 9.72. The molecule has 0 aromatic carbocycles. The fraction of sp³-hybridized carbons (Fsp3) is 0.955. The first-order chi connectivity index (χ1) is 12.8. The van der Waals surface area contributed by atoms with E-state index in [0.29, 0.717) is 18.2 Å². The highest BCUT2D eigenvalue weighted by atomic mass is 15.3. The van der Waals surface area contributed by atoms with Crippen molar-refractivity contribution in [2.24, 2.45) is 16.8 Å². The van der Waals surface area contributed by atoms with Crippen molar-refractivity contribution in [1.29, 1.82) is 0 Å². The Morgan fingerprint density at radius 1 is 0.846 bits per heavy atom. The Balaban J connectivity index is 1.41. The minimum atomic E-state index is 0.577. The van der Waals surface area contributed by atoms with Gasteiger partial charge in [0.15, 0.2) is 0 Å². The van der Waals surface area contributed by atoms with Crippen molar-refractivity contribution in [1.82, 2.24) is 15.1 Å². The lowest BCUT2D eigenvalue weighted by Gasteiger charge is -2.48. The van der Waals surface area contributed by atoms with Gasteiger partial charge in [0.05, 0.1) is 18.0 Å². The van der Waals surface area contributed by atoms with Gasteiger partial charge in [-0.3, -0.25) is 15.2 Å². The fourth-order valence-corrected chi connectivity index (χ4v) is 6.87. The van der Waals surface area contributed by atoms with Crippen molar-refractivity contribution >= 4 is 5.84 Å². The van der Waals surface area contributed by atoms with Crippen molar-refractivity contribution in [3.8, 4) is 0 Å². The number of rotatable bonds is 2. The van der Waals surface area contributed by atoms with E-state index >= 15 is 0 Å². The smallest absolute Gasteiger partial charge is 0.0995 e. The van der Waals surface area contributed by atoms with Crippen LogP contribution < -0.4 is 5.32 Å². The molecule has 0 amide bonds. The summed E-state index contributed by atoms with van der Waals surface area (Å²) in [6.07, 6.45) is 17.2. The highest BCUT2D eigenvalue weighted by molar-refractivity contribution is 5.84. The first-order valence-corrected chi connectivity index (χ1v) is 11.6. The van der Waals surface area contributed by atoms with E-state index in [0.717, 1.165) is 17.9 Å². The SMILES string of the molecule is CN1CCC2C(N=C3CCCN3C3CCCCC3)C3CCCCC3NC21. The molecule has 146 valence electrons. The second kappa shape index (κ2) is 7.43. The maximum Gasteiger partial charge on any atom is 0.0995 e. The van der Waals surface area contributed by atoms with E-state index in [1.54, 1.807) is 0 Å². The van der Waals surface area contributed by atoms with Crippen molar-refractivity contribution in [3.05, 3.63) is 0 Å². The summed E-state index contributed by atoms with van der Waals surface area (Å²) in [5.74, 6) is 3.03. The first-order valence-electron chi connectivity index (χ1n) is 11.6. The minimum absolute atomic E-state index is 0.577. The first kappa shape index (κ1) is 17.5. The van der Waals surface area contributed by atoms with Crippen molar-refractivity contribution in [2.45, 2.75) is 101 Å². The normalized spacial score (nSPS) is 43.7. The van der Waals surface area contributed by atoms with Crippen molar-refractivity contribution in [3.63, 3.8) is 0 Å². The molecule has 3 heterocycles. The van der Waals surface area contributed by atoms with E-state index in [2.05, 4.69) is 22.2 Å². The highest BCUT2D eigenvalue weighted by Gasteiger charge is 2.49. The number of fused-ring (bicyclic) bond motifs is 2. The van der Waals surface area contributed by atoms with Crippen LogP contribution in [0.5, 0.6) is 0 Å². The molecule has 4 nitrogen and oxygen atoms in total. The molecule has 0 spiro atoms. The largest absolute Gasteiger partial charge is 0.357 e. The van der Waals surface area contributed by atoms with Gasteiger partial charge >= 0.3 is 0 Å². The summed E-state index contributed by atoms with van der Waals surface area (Å²) in [5, 5.41) is 4.04. The van der Waals surface area contributed by atoms with Gasteiger partial charge in [0.2, 0.25) is 0 Å². The van der Waals surface area contributed by atoms with Gasteiger partial charge in [-0.25, -0.2) is 0 Å². The molecular weight excluding hydrogens is 320 g/mol. The van der Waals surface area contributed by atoms with Crippen LogP contribution in [-0.2, 0) is 0 Å². The molecule has 5 unspecified atom stereocenters. The summed E-state index contributed by atoms with van der Waals surface area (Å²) >= 11 is 0. The predicted molar refractivity (Wildman–Crippen MR) is 107 cm³/mol. The average molecular weight is 359 g/mol.